The molecule has 0 saturated carbocycles. The van der Waals surface area contributed by atoms with Crippen LogP contribution in [0.3, 0.4) is 0 Å². The van der Waals surface area contributed by atoms with Gasteiger partial charge < -0.3 is 10.5 Å². The third-order valence-electron chi connectivity index (χ3n) is 3.54. The van der Waals surface area contributed by atoms with E-state index in [1.165, 1.54) is 5.56 Å². The molecule has 1 unspecified atom stereocenters. The first-order valence-electron chi connectivity index (χ1n) is 7.26. The molecule has 0 aliphatic carbocycles. The van der Waals surface area contributed by atoms with Gasteiger partial charge in [0, 0.05) is 11.3 Å². The van der Waals surface area contributed by atoms with Gasteiger partial charge in [0.2, 0.25) is 0 Å². The summed E-state index contributed by atoms with van der Waals surface area (Å²) >= 11 is 0. The summed E-state index contributed by atoms with van der Waals surface area (Å²) in [6.45, 7) is 4.05. The average Bonchev–Trinajstić information content (AvgIpc) is 2.98. The van der Waals surface area contributed by atoms with Gasteiger partial charge in [0.1, 0.15) is 11.9 Å². The first kappa shape index (κ1) is 14.2. The van der Waals surface area contributed by atoms with Crippen LogP contribution in [0.1, 0.15) is 24.3 Å². The Labute approximate surface area is 129 Å². The van der Waals surface area contributed by atoms with Crippen LogP contribution in [0, 0.1) is 6.92 Å². The molecule has 4 heteroatoms. The Kier molecular flexibility index (Phi) is 3.83. The van der Waals surface area contributed by atoms with Crippen molar-refractivity contribution in [1.29, 1.82) is 0 Å². The fourth-order valence-corrected chi connectivity index (χ4v) is 2.30. The summed E-state index contributed by atoms with van der Waals surface area (Å²) in [5.41, 5.74) is 10.5. The summed E-state index contributed by atoms with van der Waals surface area (Å²) < 4.78 is 5.96. The second-order valence-electron chi connectivity index (χ2n) is 5.41. The predicted octanol–water partition coefficient (Wildman–Crippen LogP) is 4.11. The van der Waals surface area contributed by atoms with Crippen LogP contribution in [-0.4, -0.2) is 10.2 Å². The molecule has 3 rings (SSSR count). The number of nitrogen functional groups attached to an aromatic ring is 1. The Hall–Kier alpha value is -2.75. The molecule has 2 aromatic carbocycles. The van der Waals surface area contributed by atoms with Crippen LogP contribution in [0.15, 0.2) is 54.6 Å². The topological polar surface area (TPSA) is 63.9 Å². The number of anilines is 1. The predicted molar refractivity (Wildman–Crippen MR) is 88.7 cm³/mol. The van der Waals surface area contributed by atoms with Gasteiger partial charge in [-0.25, -0.2) is 0 Å². The lowest BCUT2D eigenvalue weighted by Gasteiger charge is -2.13. The van der Waals surface area contributed by atoms with Crippen molar-refractivity contribution in [3.05, 3.63) is 65.9 Å². The number of aromatic amines is 1. The second-order valence-corrected chi connectivity index (χ2v) is 5.41. The van der Waals surface area contributed by atoms with E-state index in [1.807, 2.05) is 68.4 Å². The van der Waals surface area contributed by atoms with Gasteiger partial charge in [-0.1, -0.05) is 24.3 Å². The Morgan fingerprint density at radius 2 is 1.86 bits per heavy atom. The zero-order valence-corrected chi connectivity index (χ0v) is 12.7. The van der Waals surface area contributed by atoms with Crippen molar-refractivity contribution in [3.8, 4) is 17.0 Å². The molecule has 1 aromatic heterocycles. The summed E-state index contributed by atoms with van der Waals surface area (Å²) in [4.78, 5) is 0. The van der Waals surface area contributed by atoms with Crippen LogP contribution in [0.2, 0.25) is 0 Å². The molecule has 112 valence electrons. The van der Waals surface area contributed by atoms with Crippen molar-refractivity contribution < 1.29 is 4.74 Å². The van der Waals surface area contributed by atoms with E-state index in [4.69, 9.17) is 10.5 Å². The van der Waals surface area contributed by atoms with Crippen molar-refractivity contribution >= 4 is 5.69 Å². The molecular formula is C18H19N3O. The van der Waals surface area contributed by atoms with Gasteiger partial charge in [-0.2, -0.15) is 5.10 Å². The normalized spacial score (nSPS) is 12.1. The maximum Gasteiger partial charge on any atom is 0.137 e. The Morgan fingerprint density at radius 3 is 2.59 bits per heavy atom. The van der Waals surface area contributed by atoms with Crippen LogP contribution in [-0.2, 0) is 0 Å². The van der Waals surface area contributed by atoms with Gasteiger partial charge in [-0.05, 0) is 49.7 Å². The zero-order valence-electron chi connectivity index (χ0n) is 12.7. The molecule has 22 heavy (non-hydrogen) atoms. The van der Waals surface area contributed by atoms with E-state index < -0.39 is 0 Å². The number of benzene rings is 2. The van der Waals surface area contributed by atoms with E-state index in [0.29, 0.717) is 0 Å². The molecule has 3 aromatic rings. The number of rotatable bonds is 4. The molecule has 0 aliphatic rings. The van der Waals surface area contributed by atoms with E-state index in [0.717, 1.165) is 28.4 Å². The van der Waals surface area contributed by atoms with Gasteiger partial charge in [0.25, 0.3) is 0 Å². The molecule has 4 nitrogen and oxygen atoms in total. The molecule has 0 spiro atoms. The summed E-state index contributed by atoms with van der Waals surface area (Å²) in [6, 6.07) is 17.7. The third kappa shape index (κ3) is 3.11. The molecule has 1 atom stereocenters. The molecule has 3 N–H and O–H groups in total. The van der Waals surface area contributed by atoms with Crippen LogP contribution in [0.5, 0.6) is 5.75 Å². The van der Waals surface area contributed by atoms with Crippen molar-refractivity contribution in [2.24, 2.45) is 0 Å². The van der Waals surface area contributed by atoms with Crippen LogP contribution in [0.4, 0.5) is 5.69 Å². The highest BCUT2D eigenvalue weighted by molar-refractivity contribution is 5.62. The number of nitrogens with one attached hydrogen (secondary N) is 1. The first-order valence-corrected chi connectivity index (χ1v) is 7.26. The Morgan fingerprint density at radius 1 is 1.09 bits per heavy atom. The van der Waals surface area contributed by atoms with Crippen molar-refractivity contribution in [2.75, 3.05) is 5.73 Å². The summed E-state index contributed by atoms with van der Waals surface area (Å²) in [5, 5.41) is 7.40. The SMILES string of the molecule is Cc1cccc(OC(C)c2cc(-c3ccc(N)cc3)n[nH]2)c1. The molecule has 0 fully saturated rings. The average molecular weight is 293 g/mol. The second kappa shape index (κ2) is 5.93. The lowest BCUT2D eigenvalue weighted by Crippen LogP contribution is -2.03. The summed E-state index contributed by atoms with van der Waals surface area (Å²) in [5.74, 6) is 0.858. The van der Waals surface area contributed by atoms with Gasteiger partial charge in [-0.3, -0.25) is 5.10 Å². The minimum Gasteiger partial charge on any atom is -0.484 e. The number of H-pyrrole nitrogens is 1. The zero-order chi connectivity index (χ0) is 15.5. The maximum absolute atomic E-state index is 5.96. The minimum absolute atomic E-state index is 0.100. The Bertz CT molecular complexity index is 762. The highest BCUT2D eigenvalue weighted by atomic mass is 16.5. The fraction of sp³-hybridized carbons (Fsp3) is 0.167. The molecule has 0 radical (unpaired) electrons. The third-order valence-corrected chi connectivity index (χ3v) is 3.54. The monoisotopic (exact) mass is 293 g/mol. The molecule has 0 bridgehead atoms. The van der Waals surface area contributed by atoms with Gasteiger partial charge in [-0.15, -0.1) is 0 Å². The maximum atomic E-state index is 5.96. The van der Waals surface area contributed by atoms with Crippen LogP contribution in [0.25, 0.3) is 11.3 Å². The number of aromatic nitrogens is 2. The van der Waals surface area contributed by atoms with E-state index in [9.17, 15) is 0 Å². The summed E-state index contributed by atoms with van der Waals surface area (Å²) in [6.07, 6.45) is -0.100. The van der Waals surface area contributed by atoms with E-state index in [1.54, 1.807) is 0 Å². The van der Waals surface area contributed by atoms with E-state index in [-0.39, 0.29) is 6.10 Å². The number of aryl methyl sites for hydroxylation is 1. The first-order chi connectivity index (χ1) is 10.6. The highest BCUT2D eigenvalue weighted by Gasteiger charge is 2.12. The smallest absolute Gasteiger partial charge is 0.137 e. The van der Waals surface area contributed by atoms with Crippen molar-refractivity contribution in [1.82, 2.24) is 10.2 Å². The highest BCUT2D eigenvalue weighted by Crippen LogP contribution is 2.25. The number of nitrogens with zero attached hydrogens (tertiary/aromatic N) is 1. The van der Waals surface area contributed by atoms with Gasteiger partial charge in [0.05, 0.1) is 11.4 Å². The number of hydrogen-bond acceptors (Lipinski definition) is 3. The molecule has 1 heterocycles. The molecule has 0 saturated heterocycles. The van der Waals surface area contributed by atoms with Crippen molar-refractivity contribution in [2.45, 2.75) is 20.0 Å². The van der Waals surface area contributed by atoms with Gasteiger partial charge in [0.15, 0.2) is 0 Å². The largest absolute Gasteiger partial charge is 0.484 e. The molecule has 0 aliphatic heterocycles. The molecular weight excluding hydrogens is 274 g/mol. The Balaban J connectivity index is 1.76. The summed E-state index contributed by atoms with van der Waals surface area (Å²) in [7, 11) is 0. The number of hydrogen-bond donors (Lipinski definition) is 2. The lowest BCUT2D eigenvalue weighted by molar-refractivity contribution is 0.221. The van der Waals surface area contributed by atoms with E-state index >= 15 is 0 Å². The fourth-order valence-electron chi connectivity index (χ4n) is 2.30. The lowest BCUT2D eigenvalue weighted by atomic mass is 10.1. The quantitative estimate of drug-likeness (QED) is 0.712. The van der Waals surface area contributed by atoms with Crippen LogP contribution >= 0.6 is 0 Å². The number of ether oxygens (including phenoxy) is 1. The van der Waals surface area contributed by atoms with Crippen molar-refractivity contribution in [3.63, 3.8) is 0 Å². The van der Waals surface area contributed by atoms with Gasteiger partial charge >= 0.3 is 0 Å². The number of nitrogens with two attached hydrogens (primary N) is 1. The van der Waals surface area contributed by atoms with Crippen LogP contribution < -0.4 is 10.5 Å². The molecule has 0 amide bonds. The minimum atomic E-state index is -0.100. The van der Waals surface area contributed by atoms with E-state index in [2.05, 4.69) is 10.2 Å². The standard InChI is InChI=1S/C18H19N3O/c1-12-4-3-5-16(10-12)22-13(2)17-11-18(21-20-17)14-6-8-15(19)9-7-14/h3-11,13H,19H2,1-2H3,(H,20,21).